The number of rotatable bonds is 18. The molecular formula is C81H136N2O6. The summed E-state index contributed by atoms with van der Waals surface area (Å²) in [7, 11) is 3.53. The molecule has 0 spiro atoms. The van der Waals surface area contributed by atoms with Crippen LogP contribution in [0.3, 0.4) is 0 Å². The van der Waals surface area contributed by atoms with E-state index >= 15 is 0 Å². The molecule has 506 valence electrons. The van der Waals surface area contributed by atoms with Gasteiger partial charge in [0.05, 0.1) is 13.2 Å². The van der Waals surface area contributed by atoms with Gasteiger partial charge in [0, 0.05) is 48.9 Å². The minimum absolute atomic E-state index is 0.0352. The maximum atomic E-state index is 13.7. The van der Waals surface area contributed by atoms with Gasteiger partial charge in [-0.3, -0.25) is 9.80 Å². The van der Waals surface area contributed by atoms with Gasteiger partial charge in [-0.1, -0.05) is 64.8 Å². The Labute approximate surface area is 546 Å². The summed E-state index contributed by atoms with van der Waals surface area (Å²) in [6.45, 7) is 15.0. The van der Waals surface area contributed by atoms with E-state index in [1.807, 2.05) is 18.3 Å². The van der Waals surface area contributed by atoms with Gasteiger partial charge in [-0.2, -0.15) is 0 Å². The molecule has 0 amide bonds. The highest BCUT2D eigenvalue weighted by atomic mass is 16.7. The van der Waals surface area contributed by atoms with Crippen molar-refractivity contribution in [2.45, 2.75) is 379 Å². The zero-order valence-electron chi connectivity index (χ0n) is 58.8. The molecule has 0 aliphatic heterocycles. The molecule has 0 aromatic carbocycles. The van der Waals surface area contributed by atoms with Gasteiger partial charge in [0.1, 0.15) is 12.2 Å². The Morgan fingerprint density at radius 1 is 0.382 bits per heavy atom. The average molecular weight is 1230 g/mol. The van der Waals surface area contributed by atoms with Crippen LogP contribution in [0, 0.1) is 76.4 Å². The first-order valence-corrected chi connectivity index (χ1v) is 39.5. The minimum Gasteiger partial charge on any atom is -0.481 e. The Balaban J connectivity index is 0.738. The van der Waals surface area contributed by atoms with Crippen molar-refractivity contribution in [3.05, 3.63) is 34.8 Å². The molecule has 8 nitrogen and oxygen atoms in total. The fraction of sp³-hybridized carbons (Fsp3) is 0.914. The number of carbonyl (C=O) groups is 1. The molecule has 0 unspecified atom stereocenters. The van der Waals surface area contributed by atoms with Gasteiger partial charge in [-0.25, -0.2) is 4.79 Å². The molecule has 0 aromatic heterocycles. The van der Waals surface area contributed by atoms with Crippen LogP contribution < -0.4 is 0 Å². The van der Waals surface area contributed by atoms with Crippen molar-refractivity contribution in [3.8, 4) is 0 Å². The lowest BCUT2D eigenvalue weighted by molar-refractivity contribution is -0.0358. The van der Waals surface area contributed by atoms with Crippen molar-refractivity contribution in [1.29, 1.82) is 0 Å². The molecule has 11 fully saturated rings. The van der Waals surface area contributed by atoms with Crippen molar-refractivity contribution in [2.24, 2.45) is 76.4 Å². The van der Waals surface area contributed by atoms with E-state index in [0.717, 1.165) is 160 Å². The van der Waals surface area contributed by atoms with Crippen LogP contribution >= 0.6 is 0 Å². The second-order valence-corrected chi connectivity index (χ2v) is 34.4. The van der Waals surface area contributed by atoms with Gasteiger partial charge in [0.2, 0.25) is 0 Å². The van der Waals surface area contributed by atoms with Crippen LogP contribution in [0.1, 0.15) is 324 Å². The van der Waals surface area contributed by atoms with Gasteiger partial charge >= 0.3 is 6.16 Å². The number of methoxy groups -OCH3 is 2. The number of aliphatic hydroxyl groups excluding tert-OH is 1. The largest absolute Gasteiger partial charge is 0.508 e. The average Bonchev–Trinajstić information content (AvgIpc) is 2.37. The third-order valence-corrected chi connectivity index (χ3v) is 28.5. The molecule has 0 saturated heterocycles. The monoisotopic (exact) mass is 1230 g/mol. The van der Waals surface area contributed by atoms with E-state index in [1.54, 1.807) is 7.11 Å². The van der Waals surface area contributed by atoms with Crippen LogP contribution in [-0.2, 0) is 18.9 Å². The molecule has 89 heavy (non-hydrogen) atoms. The summed E-state index contributed by atoms with van der Waals surface area (Å²) in [5, 5.41) is 10.2. The first-order valence-electron chi connectivity index (χ1n) is 39.5. The summed E-state index contributed by atoms with van der Waals surface area (Å²) >= 11 is 0. The molecule has 8 heteroatoms. The number of hydrogen-bond acceptors (Lipinski definition) is 8. The molecule has 0 atom stereocenters. The third kappa shape index (κ3) is 17.9. The maximum absolute atomic E-state index is 13.7. The molecule has 0 radical (unpaired) electrons. The zero-order valence-corrected chi connectivity index (χ0v) is 58.8. The van der Waals surface area contributed by atoms with Crippen molar-refractivity contribution < 1.29 is 28.8 Å². The highest BCUT2D eigenvalue weighted by molar-refractivity contribution is 5.60. The predicted molar refractivity (Wildman–Crippen MR) is 367 cm³/mol. The Morgan fingerprint density at radius 2 is 0.663 bits per heavy atom. The van der Waals surface area contributed by atoms with Crippen molar-refractivity contribution >= 4 is 6.16 Å². The van der Waals surface area contributed by atoms with Gasteiger partial charge in [-0.05, 0) is 359 Å². The summed E-state index contributed by atoms with van der Waals surface area (Å²) < 4.78 is 23.7. The SMILES string of the molecule is COC(O)=C1CCC(C(C)(C)C2CCC(OC(=O)OC3CCC(C(=CC4CCC(N(C5CCC(C)CC5)C5CCC(C)CC5)CC4)C4CCC(C(=CC5CCC(N(C6CCC(C)CC6)C6CCC(C)CC6)CC5)C5CCC(OC)CC5)CC4)CC3)CC2)CC1. The summed E-state index contributed by atoms with van der Waals surface area (Å²) in [4.78, 5) is 20.1. The number of carbonyl (C=O) groups excluding carboxylic acids is 1. The van der Waals surface area contributed by atoms with Crippen molar-refractivity contribution in [2.75, 3.05) is 14.2 Å². The van der Waals surface area contributed by atoms with E-state index in [9.17, 15) is 9.90 Å². The molecule has 0 aromatic rings. The second-order valence-electron chi connectivity index (χ2n) is 34.4. The number of hydrogen-bond donors (Lipinski definition) is 1. The van der Waals surface area contributed by atoms with Gasteiger partial charge in [-0.15, -0.1) is 0 Å². The van der Waals surface area contributed by atoms with Crippen LogP contribution in [0.25, 0.3) is 0 Å². The van der Waals surface area contributed by atoms with Gasteiger partial charge < -0.3 is 24.1 Å². The molecule has 1 N–H and O–H groups in total. The predicted octanol–water partition coefficient (Wildman–Crippen LogP) is 21.8. The summed E-state index contributed by atoms with van der Waals surface area (Å²) in [5.41, 5.74) is 5.05. The minimum atomic E-state index is -0.413. The number of aliphatic hydroxyl groups is 1. The molecule has 0 heterocycles. The second kappa shape index (κ2) is 32.6. The molecule has 11 saturated carbocycles. The summed E-state index contributed by atoms with van der Waals surface area (Å²) in [6, 6.07) is 4.87. The Kier molecular flexibility index (Phi) is 25.0. The maximum Gasteiger partial charge on any atom is 0.508 e. The fourth-order valence-corrected chi connectivity index (χ4v) is 22.4. The standard InChI is InChI=1S/C81H136N2O6/c1-55-9-35-68(36-10-55)82(69-37-11-56(2)12-38-69)72-43-17-59(18-44-72)53-77(63-27-47-74(86-7)48-28-63)61-21-23-62(24-22-61)78(54-60-19-45-73(46-20-60)83(70-39-13-57(3)14-40-70)71-41-15-58(4)16-42-71)64-29-49-75(50-30-64)88-80(85)89-76-51-33-67(34-52-76)81(5,6)66-31-25-65(26-32-66)79(84)87-8/h53-64,66-76,84H,9-52H2,1-8H3. The molecule has 11 aliphatic rings. The quantitative estimate of drug-likeness (QED) is 0.0826. The smallest absolute Gasteiger partial charge is 0.481 e. The summed E-state index contributed by atoms with van der Waals surface area (Å²) in [5.74, 6) is 9.26. The van der Waals surface area contributed by atoms with E-state index in [4.69, 9.17) is 18.9 Å². The molecular weight excluding hydrogens is 1100 g/mol. The van der Waals surface area contributed by atoms with Crippen molar-refractivity contribution in [3.63, 3.8) is 0 Å². The van der Waals surface area contributed by atoms with Gasteiger partial charge in [0.25, 0.3) is 5.95 Å². The highest BCUT2D eigenvalue weighted by Gasteiger charge is 2.44. The van der Waals surface area contributed by atoms with Crippen LogP contribution in [-0.4, -0.2) is 89.8 Å². The van der Waals surface area contributed by atoms with Crippen LogP contribution in [0.2, 0.25) is 0 Å². The Hall–Kier alpha value is -2.03. The third-order valence-electron chi connectivity index (χ3n) is 28.5. The van der Waals surface area contributed by atoms with Crippen LogP contribution in [0.15, 0.2) is 34.8 Å². The number of nitrogens with zero attached hydrogens (tertiary/aromatic N) is 2. The van der Waals surface area contributed by atoms with Crippen molar-refractivity contribution in [1.82, 2.24) is 9.80 Å². The topological polar surface area (TPSA) is 80.7 Å². The van der Waals surface area contributed by atoms with E-state index in [1.165, 1.54) is 205 Å². The van der Waals surface area contributed by atoms with Crippen LogP contribution in [0.5, 0.6) is 0 Å². The highest BCUT2D eigenvalue weighted by Crippen LogP contribution is 2.52. The molecule has 11 rings (SSSR count). The Morgan fingerprint density at radius 3 is 0.978 bits per heavy atom. The van der Waals surface area contributed by atoms with E-state index < -0.39 is 6.16 Å². The first kappa shape index (κ1) is 68.4. The summed E-state index contributed by atoms with van der Waals surface area (Å²) in [6.07, 6.45) is 62.9. The molecule has 0 bridgehead atoms. The van der Waals surface area contributed by atoms with E-state index in [-0.39, 0.29) is 23.6 Å². The fourth-order valence-electron chi connectivity index (χ4n) is 22.4. The first-order chi connectivity index (χ1) is 43.2. The van der Waals surface area contributed by atoms with Crippen LogP contribution in [0.4, 0.5) is 4.79 Å². The number of ether oxygens (including phenoxy) is 4. The lowest BCUT2D eigenvalue weighted by Gasteiger charge is -2.49. The number of allylic oxidation sites excluding steroid dienone is 5. The molecule has 11 aliphatic carbocycles. The lowest BCUT2D eigenvalue weighted by atomic mass is 9.60. The normalized spacial score (nSPS) is 41.2. The van der Waals surface area contributed by atoms with E-state index in [2.05, 4.69) is 63.5 Å². The zero-order chi connectivity index (χ0) is 62.0. The van der Waals surface area contributed by atoms with E-state index in [0.29, 0.717) is 35.7 Å². The van der Waals surface area contributed by atoms with Gasteiger partial charge in [0.15, 0.2) is 0 Å². The lowest BCUT2D eigenvalue weighted by Crippen LogP contribution is -2.52. The Bertz CT molecular complexity index is 2160.